The molecule has 0 unspecified atom stereocenters. The Morgan fingerprint density at radius 1 is 1.23 bits per heavy atom. The summed E-state index contributed by atoms with van der Waals surface area (Å²) in [6.45, 7) is 0.380. The Balaban J connectivity index is 1.37. The maximum absolute atomic E-state index is 13.3. The zero-order valence-electron chi connectivity index (χ0n) is 16.4. The van der Waals surface area contributed by atoms with Gasteiger partial charge in [-0.05, 0) is 42.0 Å². The largest absolute Gasteiger partial charge is 0.348 e. The van der Waals surface area contributed by atoms with Gasteiger partial charge in [-0.1, -0.05) is 12.1 Å². The molecule has 31 heavy (non-hydrogen) atoms. The van der Waals surface area contributed by atoms with Crippen LogP contribution in [0.3, 0.4) is 0 Å². The lowest BCUT2D eigenvalue weighted by Gasteiger charge is -2.37. The van der Waals surface area contributed by atoms with Crippen LogP contribution in [0.25, 0.3) is 10.4 Å². The Morgan fingerprint density at radius 3 is 2.90 bits per heavy atom. The summed E-state index contributed by atoms with van der Waals surface area (Å²) in [5, 5.41) is 7.80. The average molecular weight is 433 g/mol. The molecule has 3 aromatic rings. The number of hydrogen-bond acceptors (Lipinski definition) is 6. The number of piperidine rings is 1. The van der Waals surface area contributed by atoms with Crippen LogP contribution in [0.5, 0.6) is 0 Å². The number of nitrogens with one attached hydrogen (secondary N) is 2. The Bertz CT molecular complexity index is 1150. The third kappa shape index (κ3) is 3.68. The van der Waals surface area contributed by atoms with Crippen LogP contribution in [0.4, 0.5) is 5.69 Å². The summed E-state index contributed by atoms with van der Waals surface area (Å²) in [7, 11) is 0. The van der Waals surface area contributed by atoms with Gasteiger partial charge in [-0.2, -0.15) is 0 Å². The summed E-state index contributed by atoms with van der Waals surface area (Å²) in [6, 6.07) is 8.61. The molecule has 2 N–H and O–H groups in total. The van der Waals surface area contributed by atoms with Crippen molar-refractivity contribution in [3.05, 3.63) is 65.6 Å². The van der Waals surface area contributed by atoms with Crippen molar-refractivity contribution >= 4 is 34.7 Å². The summed E-state index contributed by atoms with van der Waals surface area (Å²) in [4.78, 5) is 49.3. The minimum atomic E-state index is -0.647. The molecule has 0 saturated carbocycles. The van der Waals surface area contributed by atoms with Crippen LogP contribution in [0, 0.1) is 0 Å². The lowest BCUT2D eigenvalue weighted by Crippen LogP contribution is -2.55. The second-order valence-corrected chi connectivity index (χ2v) is 8.47. The van der Waals surface area contributed by atoms with E-state index in [1.807, 2.05) is 29.6 Å². The SMILES string of the molecule is O=C(N[C@H]1CCN2C(=O)c3cc(-c4cccs4)ccc3NC(=O)[C@@H]2C1)c1cnccn1. The molecule has 2 aliphatic heterocycles. The number of aromatic nitrogens is 2. The van der Waals surface area contributed by atoms with E-state index in [2.05, 4.69) is 20.6 Å². The van der Waals surface area contributed by atoms with Crippen LogP contribution in [0.15, 0.2) is 54.3 Å². The van der Waals surface area contributed by atoms with Crippen LogP contribution in [0.1, 0.15) is 33.7 Å². The molecule has 156 valence electrons. The highest BCUT2D eigenvalue weighted by Crippen LogP contribution is 2.33. The first kappa shape index (κ1) is 19.4. The number of amides is 3. The quantitative estimate of drug-likeness (QED) is 0.661. The van der Waals surface area contributed by atoms with Gasteiger partial charge in [0.1, 0.15) is 11.7 Å². The van der Waals surface area contributed by atoms with Crippen molar-refractivity contribution in [3.8, 4) is 10.4 Å². The van der Waals surface area contributed by atoms with Gasteiger partial charge in [0.2, 0.25) is 5.91 Å². The highest BCUT2D eigenvalue weighted by Gasteiger charge is 2.40. The van der Waals surface area contributed by atoms with Gasteiger partial charge in [-0.15, -0.1) is 11.3 Å². The molecule has 8 nitrogen and oxygen atoms in total. The normalized spacial score (nSPS) is 20.3. The van der Waals surface area contributed by atoms with Gasteiger partial charge in [-0.25, -0.2) is 4.98 Å². The molecule has 0 aliphatic carbocycles. The smallest absolute Gasteiger partial charge is 0.271 e. The van der Waals surface area contributed by atoms with Crippen LogP contribution < -0.4 is 10.6 Å². The molecule has 1 aromatic carbocycles. The molecular formula is C22H19N5O3S. The van der Waals surface area contributed by atoms with E-state index in [1.54, 1.807) is 22.3 Å². The number of nitrogens with zero attached hydrogens (tertiary/aromatic N) is 3. The second-order valence-electron chi connectivity index (χ2n) is 7.53. The predicted molar refractivity (Wildman–Crippen MR) is 116 cm³/mol. The molecular weight excluding hydrogens is 414 g/mol. The fraction of sp³-hybridized carbons (Fsp3) is 0.227. The molecule has 4 heterocycles. The van der Waals surface area contributed by atoms with Crippen molar-refractivity contribution < 1.29 is 14.4 Å². The van der Waals surface area contributed by atoms with Gasteiger partial charge >= 0.3 is 0 Å². The van der Waals surface area contributed by atoms with Crippen molar-refractivity contribution in [1.82, 2.24) is 20.2 Å². The van der Waals surface area contributed by atoms with Crippen molar-refractivity contribution in [1.29, 1.82) is 0 Å². The minimum absolute atomic E-state index is 0.171. The maximum atomic E-state index is 13.3. The van der Waals surface area contributed by atoms with E-state index < -0.39 is 6.04 Å². The Hall–Kier alpha value is -3.59. The zero-order valence-corrected chi connectivity index (χ0v) is 17.3. The first-order chi connectivity index (χ1) is 15.1. The van der Waals surface area contributed by atoms with Crippen molar-refractivity contribution in [3.63, 3.8) is 0 Å². The van der Waals surface area contributed by atoms with Crippen molar-refractivity contribution in [2.75, 3.05) is 11.9 Å². The number of benzene rings is 1. The standard InChI is InChI=1S/C22H19N5O3S/c28-20(17-12-23-6-7-24-17)25-14-5-8-27-18(11-14)21(29)26-16-4-3-13(10-15(16)22(27)30)19-2-1-9-31-19/h1-4,6-7,9-10,12,14,18H,5,8,11H2,(H,25,28)(H,26,29)/t14-,18-/m0/s1. The second kappa shape index (κ2) is 7.92. The predicted octanol–water partition coefficient (Wildman–Crippen LogP) is 2.56. The molecule has 1 fully saturated rings. The fourth-order valence-electron chi connectivity index (χ4n) is 4.06. The number of fused-ring (bicyclic) bond motifs is 2. The van der Waals surface area contributed by atoms with E-state index in [0.29, 0.717) is 30.6 Å². The highest BCUT2D eigenvalue weighted by atomic mass is 32.1. The molecule has 3 amide bonds. The average Bonchev–Trinajstić information content (AvgIpc) is 3.31. The lowest BCUT2D eigenvalue weighted by molar-refractivity contribution is -0.121. The van der Waals surface area contributed by atoms with Crippen LogP contribution in [-0.4, -0.2) is 51.2 Å². The fourth-order valence-corrected chi connectivity index (χ4v) is 4.78. The molecule has 1 saturated heterocycles. The molecule has 9 heteroatoms. The van der Waals surface area contributed by atoms with E-state index in [0.717, 1.165) is 10.4 Å². The molecule has 2 aliphatic rings. The Labute approximate surface area is 182 Å². The first-order valence-corrected chi connectivity index (χ1v) is 10.8. The number of hydrogen-bond donors (Lipinski definition) is 2. The Kier molecular flexibility index (Phi) is 4.95. The number of carbonyl (C=O) groups excluding carboxylic acids is 3. The molecule has 0 radical (unpaired) electrons. The molecule has 0 bridgehead atoms. The number of thiophene rings is 1. The number of carbonyl (C=O) groups is 3. The van der Waals surface area contributed by atoms with Gasteiger partial charge < -0.3 is 15.5 Å². The van der Waals surface area contributed by atoms with Gasteiger partial charge in [0.05, 0.1) is 17.4 Å². The van der Waals surface area contributed by atoms with Gasteiger partial charge in [0.15, 0.2) is 0 Å². The summed E-state index contributed by atoms with van der Waals surface area (Å²) in [5.74, 6) is -0.749. The van der Waals surface area contributed by atoms with Crippen LogP contribution >= 0.6 is 11.3 Å². The van der Waals surface area contributed by atoms with Crippen molar-refractivity contribution in [2.24, 2.45) is 0 Å². The number of rotatable bonds is 3. The number of anilines is 1. The van der Waals surface area contributed by atoms with Crippen molar-refractivity contribution in [2.45, 2.75) is 24.9 Å². The maximum Gasteiger partial charge on any atom is 0.271 e. The van der Waals surface area contributed by atoms with Crippen LogP contribution in [-0.2, 0) is 4.79 Å². The summed E-state index contributed by atoms with van der Waals surface area (Å²) >= 11 is 1.60. The highest BCUT2D eigenvalue weighted by molar-refractivity contribution is 7.13. The molecule has 5 rings (SSSR count). The van der Waals surface area contributed by atoms with E-state index in [1.165, 1.54) is 18.6 Å². The third-order valence-corrected chi connectivity index (χ3v) is 6.53. The monoisotopic (exact) mass is 433 g/mol. The Morgan fingerprint density at radius 2 is 2.13 bits per heavy atom. The van der Waals surface area contributed by atoms with E-state index in [9.17, 15) is 14.4 Å². The molecule has 2 aromatic heterocycles. The van der Waals surface area contributed by atoms with E-state index in [4.69, 9.17) is 0 Å². The van der Waals surface area contributed by atoms with Gasteiger partial charge in [-0.3, -0.25) is 19.4 Å². The third-order valence-electron chi connectivity index (χ3n) is 5.61. The summed E-state index contributed by atoms with van der Waals surface area (Å²) in [6.07, 6.45) is 5.25. The van der Waals surface area contributed by atoms with E-state index in [-0.39, 0.29) is 29.5 Å². The zero-order chi connectivity index (χ0) is 21.4. The van der Waals surface area contributed by atoms with Gasteiger partial charge in [0, 0.05) is 29.9 Å². The summed E-state index contributed by atoms with van der Waals surface area (Å²) in [5.41, 5.74) is 2.18. The molecule has 0 spiro atoms. The van der Waals surface area contributed by atoms with Gasteiger partial charge in [0.25, 0.3) is 11.8 Å². The first-order valence-electron chi connectivity index (χ1n) is 9.97. The van der Waals surface area contributed by atoms with E-state index >= 15 is 0 Å². The molecule has 2 atom stereocenters. The van der Waals surface area contributed by atoms with Crippen LogP contribution in [0.2, 0.25) is 0 Å². The lowest BCUT2D eigenvalue weighted by atomic mass is 9.96. The summed E-state index contributed by atoms with van der Waals surface area (Å²) < 4.78 is 0. The minimum Gasteiger partial charge on any atom is -0.348 e. The topological polar surface area (TPSA) is 104 Å².